The lowest BCUT2D eigenvalue weighted by atomic mass is 10.2. The van der Waals surface area contributed by atoms with Gasteiger partial charge in [-0.1, -0.05) is 48.5 Å². The third-order valence-corrected chi connectivity index (χ3v) is 6.95. The third kappa shape index (κ3) is 4.95. The minimum atomic E-state index is -3.86. The van der Waals surface area contributed by atoms with Crippen molar-refractivity contribution in [1.82, 2.24) is 4.98 Å². The molecule has 0 N–H and O–H groups in total. The predicted octanol–water partition coefficient (Wildman–Crippen LogP) is 6.03. The highest BCUT2D eigenvalue weighted by atomic mass is 79.9. The standard InChI is InChI=1S/C24H19BrN2O3S/c25-24-23(12-7-17-26-24)27(18-19-8-3-1-4-9-19)31(28,29)22-15-13-21(14-16-22)30-20-10-5-2-6-11-20/h1-17H,18H2. The van der Waals surface area contributed by atoms with E-state index in [-0.39, 0.29) is 11.4 Å². The van der Waals surface area contributed by atoms with E-state index in [0.717, 1.165) is 5.56 Å². The smallest absolute Gasteiger partial charge is 0.264 e. The van der Waals surface area contributed by atoms with E-state index < -0.39 is 10.0 Å². The Labute approximate surface area is 190 Å². The van der Waals surface area contributed by atoms with Crippen molar-refractivity contribution in [1.29, 1.82) is 0 Å². The lowest BCUT2D eigenvalue weighted by Crippen LogP contribution is -2.31. The van der Waals surface area contributed by atoms with Gasteiger partial charge in [0.25, 0.3) is 10.0 Å². The molecule has 1 heterocycles. The van der Waals surface area contributed by atoms with Gasteiger partial charge in [0, 0.05) is 6.20 Å². The van der Waals surface area contributed by atoms with Crippen molar-refractivity contribution in [2.24, 2.45) is 0 Å². The summed E-state index contributed by atoms with van der Waals surface area (Å²) in [7, 11) is -3.86. The molecule has 31 heavy (non-hydrogen) atoms. The molecule has 4 rings (SSSR count). The van der Waals surface area contributed by atoms with E-state index in [2.05, 4.69) is 20.9 Å². The molecule has 0 amide bonds. The summed E-state index contributed by atoms with van der Waals surface area (Å²) in [6.07, 6.45) is 1.61. The van der Waals surface area contributed by atoms with Crippen molar-refractivity contribution in [3.8, 4) is 11.5 Å². The maximum absolute atomic E-state index is 13.6. The molecule has 0 saturated heterocycles. The molecule has 4 aromatic rings. The van der Waals surface area contributed by atoms with Crippen LogP contribution < -0.4 is 9.04 Å². The van der Waals surface area contributed by atoms with Crippen LogP contribution in [0.2, 0.25) is 0 Å². The van der Waals surface area contributed by atoms with Gasteiger partial charge in [-0.15, -0.1) is 0 Å². The summed E-state index contributed by atoms with van der Waals surface area (Å²) >= 11 is 3.39. The lowest BCUT2D eigenvalue weighted by Gasteiger charge is -2.25. The van der Waals surface area contributed by atoms with Crippen LogP contribution in [0.3, 0.4) is 0 Å². The van der Waals surface area contributed by atoms with E-state index in [0.29, 0.717) is 21.8 Å². The molecule has 7 heteroatoms. The van der Waals surface area contributed by atoms with Crippen molar-refractivity contribution in [2.45, 2.75) is 11.4 Å². The summed E-state index contributed by atoms with van der Waals surface area (Å²) in [5.74, 6) is 1.24. The van der Waals surface area contributed by atoms with Crippen LogP contribution in [0.25, 0.3) is 0 Å². The Morgan fingerprint density at radius 2 is 1.39 bits per heavy atom. The van der Waals surface area contributed by atoms with Gasteiger partial charge in [-0.25, -0.2) is 13.4 Å². The largest absolute Gasteiger partial charge is 0.457 e. The Bertz CT molecular complexity index is 1250. The van der Waals surface area contributed by atoms with Gasteiger partial charge >= 0.3 is 0 Å². The zero-order valence-corrected chi connectivity index (χ0v) is 18.8. The number of nitrogens with zero attached hydrogens (tertiary/aromatic N) is 2. The van der Waals surface area contributed by atoms with Crippen LogP contribution in [0.5, 0.6) is 11.5 Å². The molecule has 3 aromatic carbocycles. The quantitative estimate of drug-likeness (QED) is 0.294. The minimum Gasteiger partial charge on any atom is -0.457 e. The summed E-state index contributed by atoms with van der Waals surface area (Å²) in [6.45, 7) is 0.176. The number of sulfonamides is 1. The Kier molecular flexibility index (Phi) is 6.34. The van der Waals surface area contributed by atoms with E-state index in [4.69, 9.17) is 4.74 Å². The molecule has 0 radical (unpaired) electrons. The first-order valence-electron chi connectivity index (χ1n) is 9.54. The number of ether oxygens (including phenoxy) is 1. The number of para-hydroxylation sites is 1. The van der Waals surface area contributed by atoms with Gasteiger partial charge < -0.3 is 4.74 Å². The monoisotopic (exact) mass is 494 g/mol. The van der Waals surface area contributed by atoms with E-state index in [1.165, 1.54) is 4.31 Å². The molecular formula is C24H19BrN2O3S. The molecular weight excluding hydrogens is 476 g/mol. The Morgan fingerprint density at radius 1 is 0.774 bits per heavy atom. The summed E-state index contributed by atoms with van der Waals surface area (Å²) in [5.41, 5.74) is 1.34. The van der Waals surface area contributed by atoms with Gasteiger partial charge in [-0.3, -0.25) is 4.31 Å². The summed E-state index contributed by atoms with van der Waals surface area (Å²) in [4.78, 5) is 4.37. The normalized spacial score (nSPS) is 11.1. The zero-order chi connectivity index (χ0) is 21.7. The first-order valence-corrected chi connectivity index (χ1v) is 11.8. The minimum absolute atomic E-state index is 0.166. The highest BCUT2D eigenvalue weighted by molar-refractivity contribution is 9.10. The van der Waals surface area contributed by atoms with Crippen LogP contribution in [-0.2, 0) is 16.6 Å². The summed E-state index contributed by atoms with van der Waals surface area (Å²) in [5, 5.41) is 0. The Hall–Kier alpha value is -3.16. The van der Waals surface area contributed by atoms with Crippen molar-refractivity contribution < 1.29 is 13.2 Å². The van der Waals surface area contributed by atoms with E-state index in [1.54, 1.807) is 42.6 Å². The average Bonchev–Trinajstić information content (AvgIpc) is 2.80. The second-order valence-electron chi connectivity index (χ2n) is 6.70. The molecule has 0 saturated carbocycles. The number of hydrogen-bond donors (Lipinski definition) is 0. The number of hydrogen-bond acceptors (Lipinski definition) is 4. The van der Waals surface area contributed by atoms with Crippen LogP contribution in [0.4, 0.5) is 5.69 Å². The number of pyridine rings is 1. The fraction of sp³-hybridized carbons (Fsp3) is 0.0417. The number of anilines is 1. The van der Waals surface area contributed by atoms with Gasteiger partial charge in [-0.2, -0.15) is 0 Å². The average molecular weight is 495 g/mol. The number of aromatic nitrogens is 1. The molecule has 0 spiro atoms. The second-order valence-corrected chi connectivity index (χ2v) is 9.31. The van der Waals surface area contributed by atoms with Gasteiger partial charge in [0.05, 0.1) is 17.1 Å². The highest BCUT2D eigenvalue weighted by Gasteiger charge is 2.27. The second kappa shape index (κ2) is 9.32. The Morgan fingerprint density at radius 3 is 2.03 bits per heavy atom. The van der Waals surface area contributed by atoms with Gasteiger partial charge in [-0.05, 0) is 70.0 Å². The zero-order valence-electron chi connectivity index (χ0n) is 16.4. The SMILES string of the molecule is O=S(=O)(c1ccc(Oc2ccccc2)cc1)N(Cc1ccccc1)c1cccnc1Br. The molecule has 0 aliphatic heterocycles. The number of halogens is 1. The van der Waals surface area contributed by atoms with Gasteiger partial charge in [0.2, 0.25) is 0 Å². The third-order valence-electron chi connectivity index (χ3n) is 4.57. The number of rotatable bonds is 7. The first-order chi connectivity index (χ1) is 15.0. The molecule has 0 atom stereocenters. The van der Waals surface area contributed by atoms with Crippen LogP contribution >= 0.6 is 15.9 Å². The van der Waals surface area contributed by atoms with Crippen LogP contribution in [0.15, 0.2) is 113 Å². The molecule has 1 aromatic heterocycles. The predicted molar refractivity (Wildman–Crippen MR) is 125 cm³/mol. The molecule has 0 bridgehead atoms. The fourth-order valence-corrected chi connectivity index (χ4v) is 5.09. The van der Waals surface area contributed by atoms with Gasteiger partial charge in [0.15, 0.2) is 0 Å². The lowest BCUT2D eigenvalue weighted by molar-refractivity contribution is 0.482. The van der Waals surface area contributed by atoms with Crippen LogP contribution in [0.1, 0.15) is 5.56 Å². The highest BCUT2D eigenvalue weighted by Crippen LogP contribution is 2.32. The molecule has 0 unspecified atom stereocenters. The maximum Gasteiger partial charge on any atom is 0.264 e. The Balaban J connectivity index is 1.67. The maximum atomic E-state index is 13.6. The topological polar surface area (TPSA) is 59.5 Å². The number of benzene rings is 3. The molecule has 5 nitrogen and oxygen atoms in total. The van der Waals surface area contributed by atoms with E-state index in [9.17, 15) is 8.42 Å². The van der Waals surface area contributed by atoms with Crippen molar-refractivity contribution >= 4 is 31.6 Å². The first kappa shape index (κ1) is 21.1. The fourth-order valence-electron chi connectivity index (χ4n) is 3.04. The van der Waals surface area contributed by atoms with Crippen molar-refractivity contribution in [3.63, 3.8) is 0 Å². The molecule has 0 fully saturated rings. The van der Waals surface area contributed by atoms with Gasteiger partial charge in [0.1, 0.15) is 16.1 Å². The van der Waals surface area contributed by atoms with E-state index in [1.807, 2.05) is 60.7 Å². The molecule has 0 aliphatic rings. The van der Waals surface area contributed by atoms with Crippen LogP contribution in [-0.4, -0.2) is 13.4 Å². The molecule has 156 valence electrons. The summed E-state index contributed by atoms with van der Waals surface area (Å²) < 4.78 is 34.8. The van der Waals surface area contributed by atoms with Crippen LogP contribution in [0, 0.1) is 0 Å². The van der Waals surface area contributed by atoms with Crippen molar-refractivity contribution in [2.75, 3.05) is 4.31 Å². The van der Waals surface area contributed by atoms with E-state index >= 15 is 0 Å². The molecule has 0 aliphatic carbocycles. The summed E-state index contributed by atoms with van der Waals surface area (Å²) in [6, 6.07) is 28.6. The van der Waals surface area contributed by atoms with Crippen molar-refractivity contribution in [3.05, 3.63) is 113 Å².